The van der Waals surface area contributed by atoms with Crippen LogP contribution in [0.3, 0.4) is 0 Å². The number of hydrogen-bond donors (Lipinski definition) is 0. The van der Waals surface area contributed by atoms with Gasteiger partial charge in [0.2, 0.25) is 5.91 Å². The second-order valence-electron chi connectivity index (χ2n) is 5.84. The average Bonchev–Trinajstić information content (AvgIpc) is 2.85. The Morgan fingerprint density at radius 3 is 2.63 bits per heavy atom. The van der Waals surface area contributed by atoms with E-state index < -0.39 is 0 Å². The SMILES string of the molecule is CC1(C(=O)N2CC[C@@H](c3ccc(F)cc3)C2)COC1. The van der Waals surface area contributed by atoms with Crippen LogP contribution in [-0.4, -0.2) is 37.1 Å². The van der Waals surface area contributed by atoms with E-state index in [9.17, 15) is 9.18 Å². The topological polar surface area (TPSA) is 29.5 Å². The minimum atomic E-state index is -0.322. The van der Waals surface area contributed by atoms with Crippen LogP contribution >= 0.6 is 0 Å². The van der Waals surface area contributed by atoms with E-state index in [1.807, 2.05) is 24.0 Å². The molecule has 102 valence electrons. The molecule has 2 aliphatic rings. The van der Waals surface area contributed by atoms with Crippen molar-refractivity contribution in [2.75, 3.05) is 26.3 Å². The second-order valence-corrected chi connectivity index (χ2v) is 5.84. The van der Waals surface area contributed by atoms with Crippen molar-refractivity contribution in [2.45, 2.75) is 19.3 Å². The molecular formula is C15H18FNO2. The normalized spacial score (nSPS) is 25.2. The molecule has 4 heteroatoms. The maximum atomic E-state index is 12.9. The minimum Gasteiger partial charge on any atom is -0.379 e. The average molecular weight is 263 g/mol. The van der Waals surface area contributed by atoms with Gasteiger partial charge in [-0.2, -0.15) is 0 Å². The van der Waals surface area contributed by atoms with Crippen molar-refractivity contribution < 1.29 is 13.9 Å². The Bertz CT molecular complexity index is 481. The third kappa shape index (κ3) is 2.25. The van der Waals surface area contributed by atoms with E-state index >= 15 is 0 Å². The van der Waals surface area contributed by atoms with Gasteiger partial charge in [0.05, 0.1) is 18.6 Å². The third-order valence-corrected chi connectivity index (χ3v) is 4.17. The highest BCUT2D eigenvalue weighted by Gasteiger charge is 2.45. The van der Waals surface area contributed by atoms with Gasteiger partial charge in [-0.25, -0.2) is 4.39 Å². The van der Waals surface area contributed by atoms with Crippen LogP contribution in [-0.2, 0) is 9.53 Å². The Hall–Kier alpha value is -1.42. The predicted molar refractivity (Wildman–Crippen MR) is 69.3 cm³/mol. The lowest BCUT2D eigenvalue weighted by molar-refractivity contribution is -0.167. The van der Waals surface area contributed by atoms with Gasteiger partial charge in [-0.15, -0.1) is 0 Å². The highest BCUT2D eigenvalue weighted by Crippen LogP contribution is 2.34. The van der Waals surface area contributed by atoms with Crippen molar-refractivity contribution >= 4 is 5.91 Å². The lowest BCUT2D eigenvalue weighted by atomic mass is 9.87. The number of nitrogens with zero attached hydrogens (tertiary/aromatic N) is 1. The van der Waals surface area contributed by atoms with Gasteiger partial charge in [0.25, 0.3) is 0 Å². The molecule has 2 aliphatic heterocycles. The Labute approximate surface area is 112 Å². The first-order valence-electron chi connectivity index (χ1n) is 6.71. The van der Waals surface area contributed by atoms with Crippen LogP contribution in [0, 0.1) is 11.2 Å². The Morgan fingerprint density at radius 2 is 2.05 bits per heavy atom. The summed E-state index contributed by atoms with van der Waals surface area (Å²) in [5, 5.41) is 0. The van der Waals surface area contributed by atoms with E-state index in [4.69, 9.17) is 4.74 Å². The lowest BCUT2D eigenvalue weighted by Crippen LogP contribution is -2.52. The molecule has 1 amide bonds. The molecule has 1 aromatic carbocycles. The second kappa shape index (κ2) is 4.60. The number of rotatable bonds is 2. The quantitative estimate of drug-likeness (QED) is 0.818. The zero-order valence-corrected chi connectivity index (χ0v) is 11.1. The monoisotopic (exact) mass is 263 g/mol. The van der Waals surface area contributed by atoms with Crippen LogP contribution in [0.25, 0.3) is 0 Å². The summed E-state index contributed by atoms with van der Waals surface area (Å²) in [4.78, 5) is 14.3. The number of benzene rings is 1. The number of carbonyl (C=O) groups excluding carboxylic acids is 1. The zero-order valence-electron chi connectivity index (χ0n) is 11.1. The predicted octanol–water partition coefficient (Wildman–Crippen LogP) is 2.18. The first-order chi connectivity index (χ1) is 9.08. The van der Waals surface area contributed by atoms with E-state index in [1.54, 1.807) is 0 Å². The number of likely N-dealkylation sites (tertiary alicyclic amines) is 1. The van der Waals surface area contributed by atoms with E-state index in [0.717, 1.165) is 25.1 Å². The highest BCUT2D eigenvalue weighted by atomic mass is 19.1. The van der Waals surface area contributed by atoms with Crippen molar-refractivity contribution in [3.8, 4) is 0 Å². The summed E-state index contributed by atoms with van der Waals surface area (Å²) in [5.74, 6) is 0.311. The number of amides is 1. The van der Waals surface area contributed by atoms with Gasteiger partial charge < -0.3 is 9.64 Å². The molecule has 19 heavy (non-hydrogen) atoms. The van der Waals surface area contributed by atoms with Gasteiger partial charge in [0.15, 0.2) is 0 Å². The molecule has 2 heterocycles. The zero-order chi connectivity index (χ0) is 13.5. The molecule has 3 rings (SSSR count). The highest BCUT2D eigenvalue weighted by molar-refractivity contribution is 5.83. The molecule has 0 bridgehead atoms. The van der Waals surface area contributed by atoms with Gasteiger partial charge >= 0.3 is 0 Å². The third-order valence-electron chi connectivity index (χ3n) is 4.17. The van der Waals surface area contributed by atoms with Gasteiger partial charge in [-0.05, 0) is 31.0 Å². The molecule has 2 fully saturated rings. The maximum Gasteiger partial charge on any atom is 0.233 e. The molecule has 0 aromatic heterocycles. The number of halogens is 1. The van der Waals surface area contributed by atoms with Gasteiger partial charge in [0, 0.05) is 19.0 Å². The fraction of sp³-hybridized carbons (Fsp3) is 0.533. The van der Waals surface area contributed by atoms with Crippen LogP contribution in [0.4, 0.5) is 4.39 Å². The van der Waals surface area contributed by atoms with E-state index in [0.29, 0.717) is 19.1 Å². The molecule has 0 aliphatic carbocycles. The van der Waals surface area contributed by atoms with Crippen molar-refractivity contribution in [3.05, 3.63) is 35.6 Å². The van der Waals surface area contributed by atoms with Crippen LogP contribution in [0.15, 0.2) is 24.3 Å². The summed E-state index contributed by atoms with van der Waals surface area (Å²) in [6, 6.07) is 6.62. The first-order valence-corrected chi connectivity index (χ1v) is 6.71. The van der Waals surface area contributed by atoms with Crippen LogP contribution < -0.4 is 0 Å². The minimum absolute atomic E-state index is 0.198. The maximum absolute atomic E-state index is 12.9. The summed E-state index contributed by atoms with van der Waals surface area (Å²) in [6.07, 6.45) is 0.953. The fourth-order valence-corrected chi connectivity index (χ4v) is 2.87. The van der Waals surface area contributed by atoms with E-state index in [2.05, 4.69) is 0 Å². The van der Waals surface area contributed by atoms with Gasteiger partial charge in [-0.1, -0.05) is 12.1 Å². The Balaban J connectivity index is 1.67. The van der Waals surface area contributed by atoms with E-state index in [1.165, 1.54) is 12.1 Å². The summed E-state index contributed by atoms with van der Waals surface area (Å²) in [5.41, 5.74) is 0.796. The Kier molecular flexibility index (Phi) is 3.05. The summed E-state index contributed by atoms with van der Waals surface area (Å²) in [7, 11) is 0. The number of carbonyl (C=O) groups is 1. The molecule has 1 atom stereocenters. The molecule has 2 saturated heterocycles. The molecular weight excluding hydrogens is 245 g/mol. The van der Waals surface area contributed by atoms with Gasteiger partial charge in [0.1, 0.15) is 5.82 Å². The summed E-state index contributed by atoms with van der Waals surface area (Å²) in [6.45, 7) is 4.55. The largest absolute Gasteiger partial charge is 0.379 e. The molecule has 0 unspecified atom stereocenters. The first kappa shape index (κ1) is 12.6. The molecule has 0 spiro atoms. The summed E-state index contributed by atoms with van der Waals surface area (Å²) >= 11 is 0. The molecule has 0 N–H and O–H groups in total. The lowest BCUT2D eigenvalue weighted by Gasteiger charge is -2.39. The molecule has 0 saturated carbocycles. The van der Waals surface area contributed by atoms with Gasteiger partial charge in [-0.3, -0.25) is 4.79 Å². The smallest absolute Gasteiger partial charge is 0.233 e. The standard InChI is InChI=1S/C15H18FNO2/c1-15(9-19-10-15)14(18)17-7-6-12(8-17)11-2-4-13(16)5-3-11/h2-5,12H,6-10H2,1H3/t12-/m1/s1. The van der Waals surface area contributed by atoms with Crippen molar-refractivity contribution in [1.82, 2.24) is 4.90 Å². The number of hydrogen-bond acceptors (Lipinski definition) is 2. The molecule has 1 aromatic rings. The fourth-order valence-electron chi connectivity index (χ4n) is 2.87. The van der Waals surface area contributed by atoms with Crippen LogP contribution in [0.2, 0.25) is 0 Å². The van der Waals surface area contributed by atoms with Crippen molar-refractivity contribution in [1.29, 1.82) is 0 Å². The summed E-state index contributed by atoms with van der Waals surface area (Å²) < 4.78 is 18.1. The van der Waals surface area contributed by atoms with Crippen molar-refractivity contribution in [2.24, 2.45) is 5.41 Å². The van der Waals surface area contributed by atoms with Crippen LogP contribution in [0.5, 0.6) is 0 Å². The number of ether oxygens (including phenoxy) is 1. The van der Waals surface area contributed by atoms with Crippen molar-refractivity contribution in [3.63, 3.8) is 0 Å². The van der Waals surface area contributed by atoms with E-state index in [-0.39, 0.29) is 17.1 Å². The Morgan fingerprint density at radius 1 is 1.37 bits per heavy atom. The molecule has 0 radical (unpaired) electrons. The van der Waals surface area contributed by atoms with Crippen LogP contribution in [0.1, 0.15) is 24.8 Å². The molecule has 3 nitrogen and oxygen atoms in total.